The average molecular weight is 455 g/mol. The molecule has 32 heavy (non-hydrogen) atoms. The van der Waals surface area contributed by atoms with Crippen LogP contribution in [0, 0.1) is 19.7 Å². The number of nitrogens with one attached hydrogen (secondary N) is 2. The van der Waals surface area contributed by atoms with E-state index >= 15 is 0 Å². The minimum atomic E-state index is -3.99. The molecule has 0 bridgehead atoms. The lowest BCUT2D eigenvalue weighted by Crippen LogP contribution is -2.32. The Labute approximate surface area is 186 Å². The first kappa shape index (κ1) is 21.8. The maximum atomic E-state index is 13.8. The van der Waals surface area contributed by atoms with Crippen LogP contribution in [0.25, 0.3) is 0 Å². The van der Waals surface area contributed by atoms with Crippen LogP contribution in [0.15, 0.2) is 65.6 Å². The standard InChI is InChI=1S/C24H23FN2O4S/c1-15-13-16(2)23-19(14-15)21(11-12-31-23)26-24(28)17-7-9-18(10-8-17)32(29,30)27-22-6-4-3-5-20(22)25/h3-10,13-14,21,27H,11-12H2,1-2H3,(H,26,28). The van der Waals surface area contributed by atoms with Crippen LogP contribution in [0.4, 0.5) is 10.1 Å². The third-order valence-electron chi connectivity index (χ3n) is 5.33. The quantitative estimate of drug-likeness (QED) is 0.595. The average Bonchev–Trinajstić information content (AvgIpc) is 2.76. The van der Waals surface area contributed by atoms with E-state index in [1.54, 1.807) is 0 Å². The van der Waals surface area contributed by atoms with Gasteiger partial charge in [0.25, 0.3) is 15.9 Å². The van der Waals surface area contributed by atoms with E-state index in [0.717, 1.165) is 22.4 Å². The molecule has 0 saturated heterocycles. The Morgan fingerprint density at radius 2 is 1.78 bits per heavy atom. The molecule has 1 atom stereocenters. The van der Waals surface area contributed by atoms with Crippen LogP contribution >= 0.6 is 0 Å². The molecule has 0 radical (unpaired) electrons. The van der Waals surface area contributed by atoms with Gasteiger partial charge in [-0.25, -0.2) is 12.8 Å². The van der Waals surface area contributed by atoms with Gasteiger partial charge < -0.3 is 10.1 Å². The molecule has 0 aromatic heterocycles. The lowest BCUT2D eigenvalue weighted by atomic mass is 9.95. The largest absolute Gasteiger partial charge is 0.493 e. The van der Waals surface area contributed by atoms with E-state index < -0.39 is 15.8 Å². The van der Waals surface area contributed by atoms with Crippen molar-refractivity contribution in [1.29, 1.82) is 0 Å². The number of aryl methyl sites for hydroxylation is 2. The fourth-order valence-electron chi connectivity index (χ4n) is 3.80. The molecule has 2 N–H and O–H groups in total. The number of hydrogen-bond acceptors (Lipinski definition) is 4. The van der Waals surface area contributed by atoms with E-state index in [1.807, 2.05) is 26.0 Å². The highest BCUT2D eigenvalue weighted by Crippen LogP contribution is 2.35. The molecule has 1 aliphatic rings. The number of carbonyl (C=O) groups excluding carboxylic acids is 1. The number of fused-ring (bicyclic) bond motifs is 1. The summed E-state index contributed by atoms with van der Waals surface area (Å²) < 4.78 is 46.9. The topological polar surface area (TPSA) is 84.5 Å². The van der Waals surface area contributed by atoms with E-state index in [1.165, 1.54) is 48.5 Å². The molecule has 0 saturated carbocycles. The molecule has 1 aliphatic heterocycles. The monoisotopic (exact) mass is 454 g/mol. The van der Waals surface area contributed by atoms with Crippen molar-refractivity contribution in [3.63, 3.8) is 0 Å². The van der Waals surface area contributed by atoms with Crippen LogP contribution in [0.1, 0.15) is 39.5 Å². The van der Waals surface area contributed by atoms with Crippen LogP contribution in [0.3, 0.4) is 0 Å². The number of halogens is 1. The first-order valence-corrected chi connectivity index (χ1v) is 11.6. The van der Waals surface area contributed by atoms with Gasteiger partial charge in [-0.2, -0.15) is 0 Å². The third kappa shape index (κ3) is 4.45. The van der Waals surface area contributed by atoms with Gasteiger partial charge in [0.2, 0.25) is 0 Å². The van der Waals surface area contributed by atoms with Gasteiger partial charge in [-0.3, -0.25) is 9.52 Å². The highest BCUT2D eigenvalue weighted by atomic mass is 32.2. The molecule has 3 aromatic rings. The minimum absolute atomic E-state index is 0.0695. The zero-order valence-corrected chi connectivity index (χ0v) is 18.5. The van der Waals surface area contributed by atoms with Crippen LogP contribution in [-0.4, -0.2) is 20.9 Å². The second-order valence-electron chi connectivity index (χ2n) is 7.77. The van der Waals surface area contributed by atoms with Gasteiger partial charge in [0.05, 0.1) is 23.2 Å². The second kappa shape index (κ2) is 8.63. The second-order valence-corrected chi connectivity index (χ2v) is 9.46. The number of hydrogen-bond donors (Lipinski definition) is 2. The van der Waals surface area contributed by atoms with E-state index in [2.05, 4.69) is 10.0 Å². The van der Waals surface area contributed by atoms with Crippen molar-refractivity contribution >= 4 is 21.6 Å². The molecule has 6 nitrogen and oxygen atoms in total. The molecule has 1 heterocycles. The molecule has 4 rings (SSSR count). The number of amides is 1. The van der Waals surface area contributed by atoms with Gasteiger partial charge in [-0.1, -0.05) is 29.8 Å². The summed E-state index contributed by atoms with van der Waals surface area (Å²) in [5.41, 5.74) is 3.24. The fourth-order valence-corrected chi connectivity index (χ4v) is 4.87. The van der Waals surface area contributed by atoms with Crippen LogP contribution < -0.4 is 14.8 Å². The molecule has 1 amide bonds. The molecule has 0 aliphatic carbocycles. The molecule has 0 fully saturated rings. The zero-order chi connectivity index (χ0) is 22.9. The van der Waals surface area contributed by atoms with E-state index in [9.17, 15) is 17.6 Å². The number of ether oxygens (including phenoxy) is 1. The summed E-state index contributed by atoms with van der Waals surface area (Å²) in [5.74, 6) is -0.185. The summed E-state index contributed by atoms with van der Waals surface area (Å²) >= 11 is 0. The Balaban J connectivity index is 1.51. The smallest absolute Gasteiger partial charge is 0.261 e. The highest BCUT2D eigenvalue weighted by Gasteiger charge is 2.25. The van der Waals surface area contributed by atoms with Gasteiger partial charge in [0, 0.05) is 17.5 Å². The zero-order valence-electron chi connectivity index (χ0n) is 17.7. The lowest BCUT2D eigenvalue weighted by molar-refractivity contribution is 0.0924. The first-order valence-electron chi connectivity index (χ1n) is 10.2. The van der Waals surface area contributed by atoms with Gasteiger partial charge >= 0.3 is 0 Å². The summed E-state index contributed by atoms with van der Waals surface area (Å²) in [6.07, 6.45) is 0.640. The summed E-state index contributed by atoms with van der Waals surface area (Å²) in [7, 11) is -3.99. The molecule has 1 unspecified atom stereocenters. The number of carbonyl (C=O) groups is 1. The maximum absolute atomic E-state index is 13.8. The molecule has 0 spiro atoms. The molecule has 8 heteroatoms. The van der Waals surface area contributed by atoms with Gasteiger partial charge in [-0.15, -0.1) is 0 Å². The van der Waals surface area contributed by atoms with Crippen molar-refractivity contribution in [3.05, 3.63) is 88.7 Å². The molecular formula is C24H23FN2O4S. The van der Waals surface area contributed by atoms with E-state index in [-0.39, 0.29) is 22.5 Å². The third-order valence-corrected chi connectivity index (χ3v) is 6.71. The first-order chi connectivity index (χ1) is 15.2. The summed E-state index contributed by atoms with van der Waals surface area (Å²) in [6.45, 7) is 4.47. The Morgan fingerprint density at radius 3 is 2.50 bits per heavy atom. The predicted molar refractivity (Wildman–Crippen MR) is 120 cm³/mol. The summed E-state index contributed by atoms with van der Waals surface area (Å²) in [5, 5.41) is 3.02. The number of rotatable bonds is 5. The fraction of sp³-hybridized carbons (Fsp3) is 0.208. The van der Waals surface area contributed by atoms with Gasteiger partial charge in [0.15, 0.2) is 0 Å². The Hall–Kier alpha value is -3.39. The van der Waals surface area contributed by atoms with Crippen molar-refractivity contribution in [2.45, 2.75) is 31.2 Å². The normalized spacial score (nSPS) is 15.4. The summed E-state index contributed by atoms with van der Waals surface area (Å²) in [6, 6.07) is 14.9. The Bertz CT molecular complexity index is 1270. The van der Waals surface area contributed by atoms with Gasteiger partial charge in [-0.05, 0) is 55.8 Å². The number of para-hydroxylation sites is 1. The van der Waals surface area contributed by atoms with Crippen molar-refractivity contribution in [2.24, 2.45) is 0 Å². The van der Waals surface area contributed by atoms with Crippen molar-refractivity contribution in [2.75, 3.05) is 11.3 Å². The minimum Gasteiger partial charge on any atom is -0.493 e. The van der Waals surface area contributed by atoms with Crippen LogP contribution in [-0.2, 0) is 10.0 Å². The maximum Gasteiger partial charge on any atom is 0.261 e. The van der Waals surface area contributed by atoms with E-state index in [0.29, 0.717) is 18.6 Å². The molecular weight excluding hydrogens is 431 g/mol. The van der Waals surface area contributed by atoms with Crippen molar-refractivity contribution in [3.8, 4) is 5.75 Å². The number of anilines is 1. The van der Waals surface area contributed by atoms with Gasteiger partial charge in [0.1, 0.15) is 11.6 Å². The molecule has 3 aromatic carbocycles. The molecule has 166 valence electrons. The lowest BCUT2D eigenvalue weighted by Gasteiger charge is -2.28. The Kier molecular flexibility index (Phi) is 5.88. The van der Waals surface area contributed by atoms with E-state index in [4.69, 9.17) is 4.74 Å². The van der Waals surface area contributed by atoms with Crippen LogP contribution in [0.2, 0.25) is 0 Å². The van der Waals surface area contributed by atoms with Crippen LogP contribution in [0.5, 0.6) is 5.75 Å². The SMILES string of the molecule is Cc1cc(C)c2c(c1)C(NC(=O)c1ccc(S(=O)(=O)Nc3ccccc3F)cc1)CCO2. The number of sulfonamides is 1. The predicted octanol–water partition coefficient (Wildman–Crippen LogP) is 4.50. The highest BCUT2D eigenvalue weighted by molar-refractivity contribution is 7.92. The number of benzene rings is 3. The van der Waals surface area contributed by atoms with Crippen molar-refractivity contribution in [1.82, 2.24) is 5.32 Å². The summed E-state index contributed by atoms with van der Waals surface area (Å²) in [4.78, 5) is 12.8. The van der Waals surface area contributed by atoms with Crippen molar-refractivity contribution < 1.29 is 22.3 Å². The Morgan fingerprint density at radius 1 is 1.06 bits per heavy atom.